The molecule has 0 amide bonds. The summed E-state index contributed by atoms with van der Waals surface area (Å²) < 4.78 is 0. The number of rotatable bonds is 5. The van der Waals surface area contributed by atoms with Crippen molar-refractivity contribution >= 4 is 32.3 Å². The van der Waals surface area contributed by atoms with Crippen LogP contribution < -0.4 is 0 Å². The summed E-state index contributed by atoms with van der Waals surface area (Å²) in [7, 11) is 0. The molecule has 224 valence electrons. The summed E-state index contributed by atoms with van der Waals surface area (Å²) in [5, 5.41) is 7.50. The van der Waals surface area contributed by atoms with E-state index < -0.39 is 0 Å². The number of nitrogens with zero attached hydrogens (tertiary/aromatic N) is 3. The minimum Gasteiger partial charge on any atom is -0.208 e. The number of hydrogen-bond acceptors (Lipinski definition) is 3. The van der Waals surface area contributed by atoms with Gasteiger partial charge in [-0.05, 0) is 78.8 Å². The fourth-order valence-electron chi connectivity index (χ4n) is 6.56. The van der Waals surface area contributed by atoms with Gasteiger partial charge in [-0.3, -0.25) is 0 Å². The Kier molecular flexibility index (Phi) is 6.80. The van der Waals surface area contributed by atoms with Gasteiger partial charge in [-0.2, -0.15) is 0 Å². The van der Waals surface area contributed by atoms with Crippen LogP contribution in [-0.4, -0.2) is 15.0 Å². The third-order valence-corrected chi connectivity index (χ3v) is 9.07. The average molecular weight is 612 g/mol. The SMILES string of the molecule is c1ccc(-c2nc(-c3ccccc3)nc(-c3cccc(-c4ccc5cc(-c6ccc7ccc8ccccc8c7c6)ccc5c4)c3)n2)cc1. The molecule has 1 heterocycles. The van der Waals surface area contributed by atoms with Crippen LogP contribution in [0.15, 0.2) is 176 Å². The van der Waals surface area contributed by atoms with Crippen LogP contribution in [0.2, 0.25) is 0 Å². The summed E-state index contributed by atoms with van der Waals surface area (Å²) in [6, 6.07) is 61.9. The monoisotopic (exact) mass is 611 g/mol. The van der Waals surface area contributed by atoms with Gasteiger partial charge in [0.05, 0.1) is 0 Å². The maximum absolute atomic E-state index is 4.94. The Morgan fingerprint density at radius 1 is 0.229 bits per heavy atom. The van der Waals surface area contributed by atoms with Crippen LogP contribution in [0.25, 0.3) is 88.7 Å². The molecule has 0 aliphatic heterocycles. The van der Waals surface area contributed by atoms with Crippen LogP contribution in [0.4, 0.5) is 0 Å². The molecule has 48 heavy (non-hydrogen) atoms. The second-order valence-corrected chi connectivity index (χ2v) is 12.1. The fourth-order valence-corrected chi connectivity index (χ4v) is 6.56. The smallest absolute Gasteiger partial charge is 0.164 e. The highest BCUT2D eigenvalue weighted by Gasteiger charge is 2.13. The maximum atomic E-state index is 4.94. The van der Waals surface area contributed by atoms with Gasteiger partial charge in [-0.1, -0.05) is 152 Å². The van der Waals surface area contributed by atoms with Gasteiger partial charge >= 0.3 is 0 Å². The lowest BCUT2D eigenvalue weighted by Crippen LogP contribution is -2.00. The van der Waals surface area contributed by atoms with E-state index in [1.54, 1.807) is 0 Å². The molecule has 0 N–H and O–H groups in total. The Hall–Kier alpha value is -6.45. The second-order valence-electron chi connectivity index (χ2n) is 12.1. The van der Waals surface area contributed by atoms with Gasteiger partial charge in [0.1, 0.15) is 0 Å². The van der Waals surface area contributed by atoms with Gasteiger partial charge in [0.25, 0.3) is 0 Å². The Morgan fingerprint density at radius 3 is 1.27 bits per heavy atom. The van der Waals surface area contributed by atoms with Crippen molar-refractivity contribution in [2.75, 3.05) is 0 Å². The summed E-state index contributed by atoms with van der Waals surface area (Å²) in [6.45, 7) is 0. The van der Waals surface area contributed by atoms with Crippen molar-refractivity contribution in [3.8, 4) is 56.4 Å². The first-order valence-electron chi connectivity index (χ1n) is 16.2. The zero-order valence-corrected chi connectivity index (χ0v) is 26.1. The lowest BCUT2D eigenvalue weighted by molar-refractivity contribution is 1.07. The molecule has 1 aromatic heterocycles. The predicted octanol–water partition coefficient (Wildman–Crippen LogP) is 11.7. The third kappa shape index (κ3) is 5.18. The van der Waals surface area contributed by atoms with Gasteiger partial charge in [-0.15, -0.1) is 0 Å². The highest BCUT2D eigenvalue weighted by molar-refractivity contribution is 6.09. The molecule has 0 radical (unpaired) electrons. The van der Waals surface area contributed by atoms with Gasteiger partial charge in [0, 0.05) is 16.7 Å². The van der Waals surface area contributed by atoms with E-state index in [1.807, 2.05) is 60.7 Å². The molecular weight excluding hydrogens is 583 g/mol. The molecule has 0 atom stereocenters. The van der Waals surface area contributed by atoms with Crippen LogP contribution >= 0.6 is 0 Å². The molecule has 9 rings (SSSR count). The summed E-state index contributed by atoms with van der Waals surface area (Å²) in [6.07, 6.45) is 0. The molecule has 0 unspecified atom stereocenters. The summed E-state index contributed by atoms with van der Waals surface area (Å²) >= 11 is 0. The van der Waals surface area contributed by atoms with E-state index in [0.29, 0.717) is 17.5 Å². The maximum Gasteiger partial charge on any atom is 0.164 e. The van der Waals surface area contributed by atoms with Gasteiger partial charge in [0.2, 0.25) is 0 Å². The fraction of sp³-hybridized carbons (Fsp3) is 0. The number of fused-ring (bicyclic) bond motifs is 4. The lowest BCUT2D eigenvalue weighted by Gasteiger charge is -2.11. The van der Waals surface area contributed by atoms with Crippen molar-refractivity contribution in [3.05, 3.63) is 176 Å². The number of aromatic nitrogens is 3. The van der Waals surface area contributed by atoms with Crippen LogP contribution in [0.1, 0.15) is 0 Å². The van der Waals surface area contributed by atoms with E-state index in [0.717, 1.165) is 27.8 Å². The summed E-state index contributed by atoms with van der Waals surface area (Å²) in [5.74, 6) is 1.97. The molecule has 9 aromatic rings. The molecule has 3 nitrogen and oxygen atoms in total. The average Bonchev–Trinajstić information content (AvgIpc) is 3.18. The van der Waals surface area contributed by atoms with Crippen LogP contribution in [0.5, 0.6) is 0 Å². The first-order chi connectivity index (χ1) is 23.7. The molecule has 0 aliphatic rings. The van der Waals surface area contributed by atoms with Crippen LogP contribution in [0.3, 0.4) is 0 Å². The van der Waals surface area contributed by atoms with Crippen molar-refractivity contribution in [2.45, 2.75) is 0 Å². The van der Waals surface area contributed by atoms with Crippen molar-refractivity contribution in [1.29, 1.82) is 0 Å². The molecule has 0 aliphatic carbocycles. The molecule has 0 saturated carbocycles. The quantitative estimate of drug-likeness (QED) is 0.182. The lowest BCUT2D eigenvalue weighted by atomic mass is 9.95. The van der Waals surface area contributed by atoms with Crippen molar-refractivity contribution < 1.29 is 0 Å². The molecule has 0 fully saturated rings. The molecular formula is C45H29N3. The minimum absolute atomic E-state index is 0.651. The molecule has 0 saturated heterocycles. The van der Waals surface area contributed by atoms with Gasteiger partial charge < -0.3 is 0 Å². The van der Waals surface area contributed by atoms with Crippen LogP contribution in [-0.2, 0) is 0 Å². The summed E-state index contributed by atoms with van der Waals surface area (Å²) in [4.78, 5) is 14.7. The Balaban J connectivity index is 1.08. The van der Waals surface area contributed by atoms with Gasteiger partial charge in [-0.25, -0.2) is 15.0 Å². The number of hydrogen-bond donors (Lipinski definition) is 0. The number of benzene rings is 8. The third-order valence-electron chi connectivity index (χ3n) is 9.07. The predicted molar refractivity (Wildman–Crippen MR) is 200 cm³/mol. The highest BCUT2D eigenvalue weighted by atomic mass is 15.0. The standard InChI is InChI=1S/C45H29N3/c1-3-11-32(12-4-1)43-46-44(33-13-5-2-6-14-33)48-45(47-43)40-16-9-15-34(28-40)35-22-23-37-27-38(25-24-36(37)26-35)39-21-20-31-19-18-30-10-7-8-17-41(30)42(31)29-39/h1-29H. The van der Waals surface area contributed by atoms with Crippen molar-refractivity contribution in [1.82, 2.24) is 15.0 Å². The first kappa shape index (κ1) is 27.8. The Morgan fingerprint density at radius 2 is 0.646 bits per heavy atom. The zero-order chi connectivity index (χ0) is 31.9. The van der Waals surface area contributed by atoms with E-state index in [2.05, 4.69) is 115 Å². The van der Waals surface area contributed by atoms with Crippen molar-refractivity contribution in [3.63, 3.8) is 0 Å². The molecule has 3 heteroatoms. The molecule has 0 spiro atoms. The van der Waals surface area contributed by atoms with E-state index >= 15 is 0 Å². The van der Waals surface area contributed by atoms with E-state index in [9.17, 15) is 0 Å². The van der Waals surface area contributed by atoms with E-state index in [1.165, 1.54) is 43.4 Å². The second kappa shape index (κ2) is 11.7. The Labute approximate surface area is 278 Å². The van der Waals surface area contributed by atoms with Gasteiger partial charge in [0.15, 0.2) is 17.5 Å². The van der Waals surface area contributed by atoms with E-state index in [4.69, 9.17) is 15.0 Å². The largest absolute Gasteiger partial charge is 0.208 e. The van der Waals surface area contributed by atoms with Crippen LogP contribution in [0, 0.1) is 0 Å². The highest BCUT2D eigenvalue weighted by Crippen LogP contribution is 2.34. The topological polar surface area (TPSA) is 38.7 Å². The Bertz CT molecular complexity index is 2550. The molecule has 8 aromatic carbocycles. The minimum atomic E-state index is 0.651. The molecule has 0 bridgehead atoms. The normalized spacial score (nSPS) is 11.3. The van der Waals surface area contributed by atoms with E-state index in [-0.39, 0.29) is 0 Å². The first-order valence-corrected chi connectivity index (χ1v) is 16.2. The van der Waals surface area contributed by atoms with Crippen molar-refractivity contribution in [2.24, 2.45) is 0 Å². The summed E-state index contributed by atoms with van der Waals surface area (Å²) in [5.41, 5.74) is 7.56. The zero-order valence-electron chi connectivity index (χ0n) is 26.1.